The highest BCUT2D eigenvalue weighted by molar-refractivity contribution is 9.10. The van der Waals surface area contributed by atoms with Gasteiger partial charge in [0.25, 0.3) is 0 Å². The number of carboxylic acids is 1. The van der Waals surface area contributed by atoms with Gasteiger partial charge in [0, 0.05) is 48.3 Å². The average molecular weight is 623 g/mol. The molecule has 0 radical (unpaired) electrons. The highest BCUT2D eigenvalue weighted by atomic mass is 79.9. The number of rotatable bonds is 6. The Morgan fingerprint density at radius 1 is 0.951 bits per heavy atom. The third-order valence-corrected chi connectivity index (χ3v) is 8.94. The Kier molecular flexibility index (Phi) is 7.43. The van der Waals surface area contributed by atoms with Gasteiger partial charge in [-0.2, -0.15) is 0 Å². The normalized spacial score (nSPS) is 20.1. The number of halogens is 1. The lowest BCUT2D eigenvalue weighted by molar-refractivity contribution is -0.119. The summed E-state index contributed by atoms with van der Waals surface area (Å²) < 4.78 is 12.5. The van der Waals surface area contributed by atoms with Gasteiger partial charge in [0.05, 0.1) is 17.1 Å². The molecule has 41 heavy (non-hydrogen) atoms. The van der Waals surface area contributed by atoms with Gasteiger partial charge in [-0.3, -0.25) is 9.59 Å². The molecule has 0 spiro atoms. The van der Waals surface area contributed by atoms with Gasteiger partial charge in [0.1, 0.15) is 6.61 Å². The number of carboxylic acid groups (broad SMARTS) is 1. The molecule has 2 aromatic carbocycles. The molecule has 0 unspecified atom stereocenters. The highest BCUT2D eigenvalue weighted by Gasteiger charge is 2.48. The van der Waals surface area contributed by atoms with Gasteiger partial charge in [-0.15, -0.1) is 0 Å². The Morgan fingerprint density at radius 2 is 1.49 bits per heavy atom. The van der Waals surface area contributed by atoms with E-state index in [0.29, 0.717) is 40.0 Å². The van der Waals surface area contributed by atoms with Crippen LogP contribution < -0.4 is 9.47 Å². The number of aromatic carboxylic acids is 1. The minimum Gasteiger partial charge on any atom is -0.493 e. The van der Waals surface area contributed by atoms with Gasteiger partial charge in [0.2, 0.25) is 0 Å². The molecule has 1 aliphatic heterocycles. The van der Waals surface area contributed by atoms with Crippen molar-refractivity contribution in [1.82, 2.24) is 4.90 Å². The summed E-state index contributed by atoms with van der Waals surface area (Å²) in [5.74, 6) is -0.335. The number of benzene rings is 2. The largest absolute Gasteiger partial charge is 0.493 e. The van der Waals surface area contributed by atoms with E-state index in [1.807, 2.05) is 19.2 Å². The summed E-state index contributed by atoms with van der Waals surface area (Å²) in [4.78, 5) is 40.9. The van der Waals surface area contributed by atoms with Crippen LogP contribution in [0.5, 0.6) is 11.5 Å². The van der Waals surface area contributed by atoms with Crippen molar-refractivity contribution in [3.63, 3.8) is 0 Å². The number of allylic oxidation sites excluding steroid dienone is 4. The number of carbonyl (C=O) groups is 3. The standard InChI is InChI=1S/C33H36BrNO6/c1-32(2)13-22-28(24(36)15-32)27(29-23(35(22)5)14-33(3,4)16-25(29)37)20-11-21(34)30(26(12-20)40-6)41-17-18-7-9-19(10-8-18)31(38)39/h7-12,27H,13-17H2,1-6H3,(H,38,39). The third-order valence-electron chi connectivity index (χ3n) is 8.35. The lowest BCUT2D eigenvalue weighted by Gasteiger charge is -2.48. The Balaban J connectivity index is 1.58. The molecule has 2 aliphatic carbocycles. The summed E-state index contributed by atoms with van der Waals surface area (Å²) in [7, 11) is 3.56. The molecule has 0 saturated heterocycles. The van der Waals surface area contributed by atoms with Gasteiger partial charge in [-0.1, -0.05) is 39.8 Å². The Hall–Kier alpha value is -3.39. The number of nitrogens with zero attached hydrogens (tertiary/aromatic N) is 1. The lowest BCUT2D eigenvalue weighted by atomic mass is 9.64. The number of methoxy groups -OCH3 is 1. The minimum absolute atomic E-state index is 0.0810. The van der Waals surface area contributed by atoms with Crippen molar-refractivity contribution in [3.05, 3.63) is 80.1 Å². The van der Waals surface area contributed by atoms with Gasteiger partial charge >= 0.3 is 5.97 Å². The predicted octanol–water partition coefficient (Wildman–Crippen LogP) is 7.05. The first kappa shape index (κ1) is 29.1. The van der Waals surface area contributed by atoms with Crippen LogP contribution in [0.25, 0.3) is 0 Å². The smallest absolute Gasteiger partial charge is 0.335 e. The lowest BCUT2D eigenvalue weighted by Crippen LogP contribution is -2.43. The maximum Gasteiger partial charge on any atom is 0.335 e. The third kappa shape index (κ3) is 5.46. The van der Waals surface area contributed by atoms with Crippen molar-refractivity contribution in [2.45, 2.75) is 65.9 Å². The van der Waals surface area contributed by atoms with Crippen molar-refractivity contribution in [2.24, 2.45) is 10.8 Å². The van der Waals surface area contributed by atoms with Gasteiger partial charge in [-0.05, 0) is 75.0 Å². The Bertz CT molecular complexity index is 1460. The second kappa shape index (κ2) is 10.5. The van der Waals surface area contributed by atoms with Crippen LogP contribution in [0.2, 0.25) is 0 Å². The van der Waals surface area contributed by atoms with Crippen LogP contribution in [0.4, 0.5) is 0 Å². The van der Waals surface area contributed by atoms with E-state index in [2.05, 4.69) is 48.5 Å². The Morgan fingerprint density at radius 3 is 1.98 bits per heavy atom. The molecule has 3 aliphatic rings. The number of hydrogen-bond acceptors (Lipinski definition) is 6. The molecule has 0 saturated carbocycles. The number of ether oxygens (including phenoxy) is 2. The van der Waals surface area contributed by atoms with Gasteiger partial charge in [0.15, 0.2) is 23.1 Å². The fraction of sp³-hybridized carbons (Fsp3) is 0.424. The molecular formula is C33H36BrNO6. The van der Waals surface area contributed by atoms with E-state index in [-0.39, 0.29) is 34.6 Å². The molecular weight excluding hydrogens is 586 g/mol. The maximum absolute atomic E-state index is 13.8. The molecule has 2 aromatic rings. The SMILES string of the molecule is COc1cc(C2C3=C(CC(C)(C)CC3=O)N(C)C3=C2C(=O)CC(C)(C)C3)cc(Br)c1OCc1ccc(C(=O)O)cc1. The van der Waals surface area contributed by atoms with Crippen molar-refractivity contribution >= 4 is 33.5 Å². The number of carbonyl (C=O) groups excluding carboxylic acids is 2. The molecule has 1 heterocycles. The monoisotopic (exact) mass is 621 g/mol. The minimum atomic E-state index is -0.983. The first-order valence-electron chi connectivity index (χ1n) is 13.8. The van der Waals surface area contributed by atoms with Crippen LogP contribution in [0.3, 0.4) is 0 Å². The number of hydrogen-bond donors (Lipinski definition) is 1. The van der Waals surface area contributed by atoms with Crippen molar-refractivity contribution in [1.29, 1.82) is 0 Å². The molecule has 0 atom stereocenters. The summed E-state index contributed by atoms with van der Waals surface area (Å²) in [6, 6.07) is 10.3. The molecule has 0 bridgehead atoms. The molecule has 216 valence electrons. The summed E-state index contributed by atoms with van der Waals surface area (Å²) in [6.45, 7) is 8.70. The molecule has 0 amide bonds. The molecule has 0 aromatic heterocycles. The zero-order chi connectivity index (χ0) is 29.9. The van der Waals surface area contributed by atoms with Crippen molar-refractivity contribution in [3.8, 4) is 11.5 Å². The molecule has 7 nitrogen and oxygen atoms in total. The second-order valence-corrected chi connectivity index (χ2v) is 13.8. The fourth-order valence-corrected chi connectivity index (χ4v) is 7.02. The first-order chi connectivity index (χ1) is 19.2. The zero-order valence-corrected chi connectivity index (χ0v) is 26.0. The number of ketones is 2. The van der Waals surface area contributed by atoms with E-state index in [0.717, 1.165) is 35.4 Å². The topological polar surface area (TPSA) is 93.1 Å². The van der Waals surface area contributed by atoms with Gasteiger partial charge < -0.3 is 19.5 Å². The van der Waals surface area contributed by atoms with Crippen LogP contribution in [-0.2, 0) is 16.2 Å². The average Bonchev–Trinajstić information content (AvgIpc) is 2.88. The maximum atomic E-state index is 13.8. The van der Waals surface area contributed by atoms with Gasteiger partial charge in [-0.25, -0.2) is 4.79 Å². The summed E-state index contributed by atoms with van der Waals surface area (Å²) in [5.41, 5.74) is 4.90. The van der Waals surface area contributed by atoms with Crippen LogP contribution >= 0.6 is 15.9 Å². The molecule has 1 N–H and O–H groups in total. The van der Waals surface area contributed by atoms with E-state index in [1.165, 1.54) is 12.1 Å². The van der Waals surface area contributed by atoms with Crippen LogP contribution in [0, 0.1) is 10.8 Å². The van der Waals surface area contributed by atoms with E-state index >= 15 is 0 Å². The summed E-state index contributed by atoms with van der Waals surface area (Å²) in [6.07, 6.45) is 2.37. The van der Waals surface area contributed by atoms with Crippen molar-refractivity contribution in [2.75, 3.05) is 14.2 Å². The van der Waals surface area contributed by atoms with Crippen LogP contribution in [0.1, 0.15) is 80.8 Å². The summed E-state index contributed by atoms with van der Waals surface area (Å²) >= 11 is 3.67. The molecule has 8 heteroatoms. The zero-order valence-electron chi connectivity index (χ0n) is 24.4. The van der Waals surface area contributed by atoms with E-state index in [9.17, 15) is 14.4 Å². The van der Waals surface area contributed by atoms with Crippen molar-refractivity contribution < 1.29 is 29.0 Å². The predicted molar refractivity (Wildman–Crippen MR) is 159 cm³/mol. The number of Topliss-reactive ketones (excluding diaryl/α,β-unsaturated/α-hetero) is 2. The highest BCUT2D eigenvalue weighted by Crippen LogP contribution is 2.55. The molecule has 0 fully saturated rings. The van der Waals surface area contributed by atoms with Crippen LogP contribution in [-0.4, -0.2) is 41.7 Å². The molecule has 5 rings (SSSR count). The second-order valence-electron chi connectivity index (χ2n) is 12.9. The van der Waals surface area contributed by atoms with Crippen LogP contribution in [0.15, 0.2) is 63.4 Å². The van der Waals surface area contributed by atoms with E-state index in [4.69, 9.17) is 14.6 Å². The van der Waals surface area contributed by atoms with E-state index < -0.39 is 11.9 Å². The summed E-state index contributed by atoms with van der Waals surface area (Å²) in [5, 5.41) is 9.16. The quantitative estimate of drug-likeness (QED) is 0.369. The van der Waals surface area contributed by atoms with E-state index in [1.54, 1.807) is 19.2 Å². The Labute approximate surface area is 249 Å². The first-order valence-corrected chi connectivity index (χ1v) is 14.6. The fourth-order valence-electron chi connectivity index (χ4n) is 6.44.